The maximum atomic E-state index is 13.1. The molecule has 0 unspecified atom stereocenters. The first-order valence-electron chi connectivity index (χ1n) is 11.0. The number of allylic oxidation sites excluding steroid dienone is 4. The minimum absolute atomic E-state index is 0.201. The van der Waals surface area contributed by atoms with Gasteiger partial charge in [-0.2, -0.15) is 0 Å². The molecule has 1 N–H and O–H groups in total. The van der Waals surface area contributed by atoms with Crippen molar-refractivity contribution in [3.8, 4) is 0 Å². The van der Waals surface area contributed by atoms with Gasteiger partial charge in [0, 0.05) is 42.5 Å². The molecule has 6 nitrogen and oxygen atoms in total. The molecule has 0 saturated carbocycles. The van der Waals surface area contributed by atoms with E-state index in [4.69, 9.17) is 16.3 Å². The number of aliphatic hydroxyl groups is 1. The second kappa shape index (κ2) is 9.60. The number of ether oxygens (including phenoxy) is 1. The average molecular weight is 483 g/mol. The molecule has 0 spiro atoms. The first kappa shape index (κ1) is 24.0. The second-order valence-electron chi connectivity index (χ2n) is 8.95. The molecular weight excluding hydrogens is 455 g/mol. The van der Waals surface area contributed by atoms with E-state index in [2.05, 4.69) is 14.9 Å². The maximum absolute atomic E-state index is 13.1. The summed E-state index contributed by atoms with van der Waals surface area (Å²) in [5, 5.41) is 11.0. The molecule has 0 aliphatic carbocycles. The molecule has 0 atom stereocenters. The molecule has 0 fully saturated rings. The molecule has 4 heterocycles. The lowest BCUT2D eigenvalue weighted by Crippen LogP contribution is -2.33. The Morgan fingerprint density at radius 2 is 1.97 bits per heavy atom. The monoisotopic (exact) mass is 482 g/mol. The van der Waals surface area contributed by atoms with Gasteiger partial charge in [-0.3, -0.25) is 4.98 Å². The normalized spacial score (nSPS) is 16.6. The van der Waals surface area contributed by atoms with Crippen molar-refractivity contribution in [2.45, 2.75) is 39.9 Å². The van der Waals surface area contributed by atoms with Crippen LogP contribution in [-0.4, -0.2) is 33.8 Å². The zero-order chi connectivity index (χ0) is 24.5. The van der Waals surface area contributed by atoms with E-state index in [1.54, 1.807) is 19.9 Å². The lowest BCUT2D eigenvalue weighted by molar-refractivity contribution is 0.118. The van der Waals surface area contributed by atoms with Crippen LogP contribution in [0.3, 0.4) is 0 Å². The Hall–Kier alpha value is -3.16. The molecule has 0 bridgehead atoms. The van der Waals surface area contributed by atoms with E-state index in [-0.39, 0.29) is 12.4 Å². The summed E-state index contributed by atoms with van der Waals surface area (Å²) in [5.74, 6) is 0.973. The largest absolute Gasteiger partial charge is 0.486 e. The number of pyridine rings is 2. The van der Waals surface area contributed by atoms with Crippen LogP contribution < -0.4 is 9.80 Å². The van der Waals surface area contributed by atoms with E-state index in [0.717, 1.165) is 28.3 Å². The third-order valence-corrected chi connectivity index (χ3v) is 6.14. The number of hydrogen-bond donors (Lipinski definition) is 1. The zero-order valence-corrected chi connectivity index (χ0v) is 20.5. The summed E-state index contributed by atoms with van der Waals surface area (Å²) in [7, 11) is 0. The van der Waals surface area contributed by atoms with Crippen LogP contribution in [0.5, 0.6) is 0 Å². The van der Waals surface area contributed by atoms with Crippen molar-refractivity contribution < 1.29 is 14.2 Å². The minimum atomic E-state index is -0.902. The fourth-order valence-corrected chi connectivity index (χ4v) is 4.01. The molecule has 2 aliphatic rings. The summed E-state index contributed by atoms with van der Waals surface area (Å²) >= 11 is 6.61. The van der Waals surface area contributed by atoms with Gasteiger partial charge in [0.1, 0.15) is 24.0 Å². The summed E-state index contributed by atoms with van der Waals surface area (Å²) in [6, 6.07) is 4.97. The van der Waals surface area contributed by atoms with Gasteiger partial charge in [-0.25, -0.2) is 9.37 Å². The van der Waals surface area contributed by atoms with Gasteiger partial charge in [-0.05, 0) is 57.0 Å². The number of rotatable bonds is 6. The van der Waals surface area contributed by atoms with E-state index < -0.39 is 5.60 Å². The Labute approximate surface area is 204 Å². The fraction of sp³-hybridized carbons (Fsp3) is 0.308. The van der Waals surface area contributed by atoms with Gasteiger partial charge >= 0.3 is 0 Å². The van der Waals surface area contributed by atoms with Crippen molar-refractivity contribution in [3.63, 3.8) is 0 Å². The van der Waals surface area contributed by atoms with E-state index in [0.29, 0.717) is 29.6 Å². The number of anilines is 2. The van der Waals surface area contributed by atoms with Gasteiger partial charge in [-0.1, -0.05) is 17.7 Å². The Morgan fingerprint density at radius 1 is 1.18 bits per heavy atom. The van der Waals surface area contributed by atoms with Crippen molar-refractivity contribution in [1.29, 1.82) is 0 Å². The van der Waals surface area contributed by atoms with Crippen LogP contribution in [0.4, 0.5) is 15.9 Å². The molecule has 34 heavy (non-hydrogen) atoms. The van der Waals surface area contributed by atoms with Gasteiger partial charge in [-0.15, -0.1) is 0 Å². The zero-order valence-electron chi connectivity index (χ0n) is 19.7. The molecule has 178 valence electrons. The standard InChI is InChI=1S/C26H28ClFN4O2/c1-17-12-30-25(31-9-5-6-19(14-31)26(3,4)33)11-23(17)32-15-22(27)24(10-18(32)2)34-16-21-8-7-20(28)13-29-21/h5-13,33H,14-16H2,1-4H3. The number of halogens is 2. The average Bonchev–Trinajstić information content (AvgIpc) is 2.80. The van der Waals surface area contributed by atoms with Crippen LogP contribution in [0.2, 0.25) is 0 Å². The third kappa shape index (κ3) is 5.32. The topological polar surface area (TPSA) is 61.7 Å². The van der Waals surface area contributed by atoms with Gasteiger partial charge in [0.2, 0.25) is 0 Å². The third-order valence-electron chi connectivity index (χ3n) is 5.83. The smallest absolute Gasteiger partial charge is 0.141 e. The van der Waals surface area contributed by atoms with Crippen LogP contribution in [0.25, 0.3) is 0 Å². The fourth-order valence-electron chi connectivity index (χ4n) is 3.78. The van der Waals surface area contributed by atoms with Gasteiger partial charge in [0.15, 0.2) is 0 Å². The summed E-state index contributed by atoms with van der Waals surface area (Å²) in [4.78, 5) is 12.8. The van der Waals surface area contributed by atoms with Gasteiger partial charge in [0.25, 0.3) is 0 Å². The van der Waals surface area contributed by atoms with Crippen molar-refractivity contribution in [2.75, 3.05) is 22.9 Å². The van der Waals surface area contributed by atoms with Crippen molar-refractivity contribution in [2.24, 2.45) is 0 Å². The number of hydrogen-bond acceptors (Lipinski definition) is 6. The van der Waals surface area contributed by atoms with Crippen molar-refractivity contribution in [1.82, 2.24) is 9.97 Å². The minimum Gasteiger partial charge on any atom is -0.486 e. The molecular formula is C26H28ClFN4O2. The lowest BCUT2D eigenvalue weighted by atomic mass is 9.96. The molecule has 8 heteroatoms. The highest BCUT2D eigenvalue weighted by atomic mass is 35.5. The maximum Gasteiger partial charge on any atom is 0.141 e. The second-order valence-corrected chi connectivity index (χ2v) is 9.40. The van der Waals surface area contributed by atoms with Crippen molar-refractivity contribution in [3.05, 3.63) is 94.2 Å². The summed E-state index contributed by atoms with van der Waals surface area (Å²) in [6.07, 6.45) is 10.7. The molecule has 4 rings (SSSR count). The highest BCUT2D eigenvalue weighted by Crippen LogP contribution is 2.34. The quantitative estimate of drug-likeness (QED) is 0.599. The molecule has 2 aromatic rings. The van der Waals surface area contributed by atoms with Crippen LogP contribution in [0, 0.1) is 12.7 Å². The first-order valence-corrected chi connectivity index (χ1v) is 11.4. The molecule has 2 aromatic heterocycles. The highest BCUT2D eigenvalue weighted by Gasteiger charge is 2.25. The lowest BCUT2D eigenvalue weighted by Gasteiger charge is -2.33. The van der Waals surface area contributed by atoms with E-state index >= 15 is 0 Å². The Kier molecular flexibility index (Phi) is 6.77. The first-order chi connectivity index (χ1) is 16.1. The number of aryl methyl sites for hydroxylation is 1. The van der Waals surface area contributed by atoms with Crippen LogP contribution in [0.15, 0.2) is 77.1 Å². The van der Waals surface area contributed by atoms with E-state index in [1.165, 1.54) is 12.3 Å². The SMILES string of the molecule is CC1=CC(OCc2ccc(F)cn2)=C(Cl)CN1c1cc(N2C=CC=C(C(C)(C)O)C2)ncc1C. The molecule has 0 saturated heterocycles. The molecule has 2 aliphatic heterocycles. The summed E-state index contributed by atoms with van der Waals surface area (Å²) < 4.78 is 18.9. The Bertz CT molecular complexity index is 1200. The molecule has 0 aromatic carbocycles. The molecule has 0 amide bonds. The predicted molar refractivity (Wildman–Crippen MR) is 133 cm³/mol. The van der Waals surface area contributed by atoms with E-state index in [1.807, 2.05) is 55.4 Å². The number of nitrogens with zero attached hydrogens (tertiary/aromatic N) is 4. The number of aromatic nitrogens is 2. The van der Waals surface area contributed by atoms with Gasteiger partial charge in [0.05, 0.1) is 29.1 Å². The summed E-state index contributed by atoms with van der Waals surface area (Å²) in [6.45, 7) is 8.78. The predicted octanol–water partition coefficient (Wildman–Crippen LogP) is 5.35. The van der Waals surface area contributed by atoms with Gasteiger partial charge < -0.3 is 19.6 Å². The molecule has 0 radical (unpaired) electrons. The summed E-state index contributed by atoms with van der Waals surface area (Å²) in [5.41, 5.74) is 3.61. The van der Waals surface area contributed by atoms with Crippen LogP contribution >= 0.6 is 11.6 Å². The van der Waals surface area contributed by atoms with Crippen LogP contribution in [0.1, 0.15) is 32.0 Å². The van der Waals surface area contributed by atoms with E-state index in [9.17, 15) is 9.50 Å². The van der Waals surface area contributed by atoms with Crippen LogP contribution in [-0.2, 0) is 11.3 Å². The van der Waals surface area contributed by atoms with Crippen molar-refractivity contribution >= 4 is 23.1 Å². The Morgan fingerprint density at radius 3 is 2.68 bits per heavy atom. The Balaban J connectivity index is 1.52. The highest BCUT2D eigenvalue weighted by molar-refractivity contribution is 6.30.